The number of nitrogens with one attached hydrogen (secondary N) is 3. The second-order valence-electron chi connectivity index (χ2n) is 6.92. The number of carbonyl (C=O) groups excluding carboxylic acids is 5. The molecule has 16 nitrogen and oxygen atoms in total. The van der Waals surface area contributed by atoms with Crippen LogP contribution in [0.1, 0.15) is 32.1 Å². The number of carboxylic acid groups (broad SMARTS) is 2. The summed E-state index contributed by atoms with van der Waals surface area (Å²) in [5.74, 6) is -7.91. The first-order chi connectivity index (χ1) is 15.3. The Morgan fingerprint density at radius 2 is 1.15 bits per heavy atom. The molecule has 0 bridgehead atoms. The Labute approximate surface area is 187 Å². The highest BCUT2D eigenvalue weighted by atomic mass is 16.4. The maximum absolute atomic E-state index is 12.4. The van der Waals surface area contributed by atoms with Gasteiger partial charge in [0.2, 0.25) is 29.5 Å². The van der Waals surface area contributed by atoms with Crippen LogP contribution in [0.15, 0.2) is 0 Å². The summed E-state index contributed by atoms with van der Waals surface area (Å²) < 4.78 is 0. The number of hydrogen-bond donors (Lipinski definition) is 9. The van der Waals surface area contributed by atoms with E-state index in [9.17, 15) is 38.7 Å². The molecule has 12 N–H and O–H groups in total. The van der Waals surface area contributed by atoms with Gasteiger partial charge in [0.15, 0.2) is 0 Å². The monoisotopic (exact) mass is 476 g/mol. The van der Waals surface area contributed by atoms with Gasteiger partial charge in [0.1, 0.15) is 18.1 Å². The van der Waals surface area contributed by atoms with Crippen LogP contribution in [-0.2, 0) is 33.6 Å². The van der Waals surface area contributed by atoms with Crippen molar-refractivity contribution < 1.29 is 48.9 Å². The van der Waals surface area contributed by atoms with Crippen molar-refractivity contribution in [3.05, 3.63) is 0 Å². The molecule has 0 rings (SSSR count). The first kappa shape index (κ1) is 29.2. The lowest BCUT2D eigenvalue weighted by molar-refractivity contribution is -0.144. The van der Waals surface area contributed by atoms with Crippen LogP contribution in [0.2, 0.25) is 0 Å². The van der Waals surface area contributed by atoms with Crippen LogP contribution < -0.4 is 33.2 Å². The number of aliphatic hydroxyl groups excluding tert-OH is 1. The Bertz CT molecular complexity index is 773. The predicted octanol–water partition coefficient (Wildman–Crippen LogP) is -5.15. The van der Waals surface area contributed by atoms with Gasteiger partial charge in [0, 0.05) is 12.8 Å². The molecule has 0 saturated carbocycles. The minimum Gasteiger partial charge on any atom is -0.481 e. The van der Waals surface area contributed by atoms with E-state index in [2.05, 4.69) is 5.32 Å². The number of aliphatic carboxylic acids is 2. The van der Waals surface area contributed by atoms with Crippen LogP contribution in [0, 0.1) is 0 Å². The summed E-state index contributed by atoms with van der Waals surface area (Å²) in [6, 6.07) is -6.29. The van der Waals surface area contributed by atoms with E-state index in [4.69, 9.17) is 27.4 Å². The molecular weight excluding hydrogens is 448 g/mol. The second kappa shape index (κ2) is 14.3. The van der Waals surface area contributed by atoms with E-state index in [0.717, 1.165) is 0 Å². The number of hydrogen-bond acceptors (Lipinski definition) is 9. The molecule has 0 aromatic carbocycles. The predicted molar refractivity (Wildman–Crippen MR) is 108 cm³/mol. The highest BCUT2D eigenvalue weighted by molar-refractivity contribution is 5.95. The molecule has 4 atom stereocenters. The van der Waals surface area contributed by atoms with Crippen molar-refractivity contribution in [3.8, 4) is 0 Å². The van der Waals surface area contributed by atoms with E-state index in [1.165, 1.54) is 0 Å². The zero-order valence-corrected chi connectivity index (χ0v) is 17.5. The maximum atomic E-state index is 12.4. The SMILES string of the molecule is NC(=O)CCC(N)C(=O)NC(CO)C(=O)NC(CC(=O)O)C(=O)NC(CCC(N)=O)C(=O)O. The molecule has 0 aliphatic heterocycles. The van der Waals surface area contributed by atoms with Crippen LogP contribution >= 0.6 is 0 Å². The second-order valence-corrected chi connectivity index (χ2v) is 6.92. The Balaban J connectivity index is 5.26. The lowest BCUT2D eigenvalue weighted by atomic mass is 10.1. The highest BCUT2D eigenvalue weighted by Crippen LogP contribution is 2.02. The quantitative estimate of drug-likeness (QED) is 0.101. The number of nitrogens with two attached hydrogens (primary N) is 3. The number of primary amides is 2. The standard InChI is InChI=1S/C17H28N6O10/c18-7(1-3-11(19)25)14(29)23-10(6-24)16(31)22-9(5-13(27)28)15(30)21-8(17(32)33)2-4-12(20)26/h7-10,24H,1-6,18H2,(H2,19,25)(H2,20,26)(H,21,30)(H,22,31)(H,23,29)(H,27,28)(H,32,33). The molecule has 186 valence electrons. The molecule has 0 aromatic rings. The van der Waals surface area contributed by atoms with E-state index in [-0.39, 0.29) is 25.7 Å². The van der Waals surface area contributed by atoms with Gasteiger partial charge in [-0.3, -0.25) is 28.8 Å². The minimum atomic E-state index is -1.79. The van der Waals surface area contributed by atoms with E-state index < -0.39 is 78.7 Å². The third kappa shape index (κ3) is 12.0. The van der Waals surface area contributed by atoms with Crippen LogP contribution in [0.5, 0.6) is 0 Å². The van der Waals surface area contributed by atoms with Crippen molar-refractivity contribution in [2.45, 2.75) is 56.3 Å². The third-order valence-corrected chi connectivity index (χ3v) is 4.16. The number of carboxylic acids is 2. The molecule has 5 amide bonds. The van der Waals surface area contributed by atoms with Gasteiger partial charge in [-0.2, -0.15) is 0 Å². The van der Waals surface area contributed by atoms with Crippen molar-refractivity contribution in [2.24, 2.45) is 17.2 Å². The number of aliphatic hydroxyl groups is 1. The van der Waals surface area contributed by atoms with E-state index in [0.29, 0.717) is 0 Å². The number of carbonyl (C=O) groups is 7. The minimum absolute atomic E-state index is 0.146. The lowest BCUT2D eigenvalue weighted by Gasteiger charge is -2.23. The van der Waals surface area contributed by atoms with Crippen molar-refractivity contribution in [1.82, 2.24) is 16.0 Å². The average molecular weight is 476 g/mol. The normalized spacial score (nSPS) is 14.1. The zero-order chi connectivity index (χ0) is 25.7. The lowest BCUT2D eigenvalue weighted by Crippen LogP contribution is -2.58. The van der Waals surface area contributed by atoms with Gasteiger partial charge in [-0.05, 0) is 12.8 Å². The Morgan fingerprint density at radius 3 is 1.61 bits per heavy atom. The van der Waals surface area contributed by atoms with Crippen LogP contribution in [-0.4, -0.2) is 87.6 Å². The van der Waals surface area contributed by atoms with Gasteiger partial charge in [-0.25, -0.2) is 4.79 Å². The molecule has 0 radical (unpaired) electrons. The van der Waals surface area contributed by atoms with Crippen molar-refractivity contribution in [1.29, 1.82) is 0 Å². The molecule has 0 aromatic heterocycles. The van der Waals surface area contributed by atoms with Crippen molar-refractivity contribution >= 4 is 41.5 Å². The maximum Gasteiger partial charge on any atom is 0.326 e. The summed E-state index contributed by atoms with van der Waals surface area (Å²) in [6.45, 7) is -0.960. The van der Waals surface area contributed by atoms with Crippen molar-refractivity contribution in [2.75, 3.05) is 6.61 Å². The molecule has 0 aliphatic carbocycles. The molecule has 0 saturated heterocycles. The molecule has 0 fully saturated rings. The molecule has 4 unspecified atom stereocenters. The molecule has 0 heterocycles. The fraction of sp³-hybridized carbons (Fsp3) is 0.588. The Hall–Kier alpha value is -3.79. The van der Waals surface area contributed by atoms with Gasteiger partial charge >= 0.3 is 11.9 Å². The van der Waals surface area contributed by atoms with Crippen LogP contribution in [0.3, 0.4) is 0 Å². The van der Waals surface area contributed by atoms with E-state index >= 15 is 0 Å². The van der Waals surface area contributed by atoms with Gasteiger partial charge in [-0.15, -0.1) is 0 Å². The Morgan fingerprint density at radius 1 is 0.697 bits per heavy atom. The van der Waals surface area contributed by atoms with Crippen molar-refractivity contribution in [3.63, 3.8) is 0 Å². The summed E-state index contributed by atoms with van der Waals surface area (Å²) in [5, 5.41) is 33.6. The molecule has 33 heavy (non-hydrogen) atoms. The van der Waals surface area contributed by atoms with E-state index in [1.54, 1.807) is 0 Å². The van der Waals surface area contributed by atoms with Gasteiger partial charge in [0.25, 0.3) is 0 Å². The average Bonchev–Trinajstić information content (AvgIpc) is 2.71. The fourth-order valence-corrected chi connectivity index (χ4v) is 2.37. The molecule has 0 aliphatic rings. The fourth-order valence-electron chi connectivity index (χ4n) is 2.37. The van der Waals surface area contributed by atoms with Crippen LogP contribution in [0.4, 0.5) is 0 Å². The van der Waals surface area contributed by atoms with E-state index in [1.807, 2.05) is 10.6 Å². The summed E-state index contributed by atoms with van der Waals surface area (Å²) in [4.78, 5) is 80.7. The zero-order valence-electron chi connectivity index (χ0n) is 17.5. The topological polar surface area (TPSA) is 294 Å². The first-order valence-corrected chi connectivity index (χ1v) is 9.57. The van der Waals surface area contributed by atoms with Gasteiger partial charge in [-0.1, -0.05) is 0 Å². The Kier molecular flexibility index (Phi) is 12.7. The summed E-state index contributed by atoms with van der Waals surface area (Å²) in [7, 11) is 0. The number of amides is 5. The largest absolute Gasteiger partial charge is 0.481 e. The first-order valence-electron chi connectivity index (χ1n) is 9.57. The third-order valence-electron chi connectivity index (χ3n) is 4.16. The summed E-state index contributed by atoms with van der Waals surface area (Å²) in [5.41, 5.74) is 15.4. The summed E-state index contributed by atoms with van der Waals surface area (Å²) >= 11 is 0. The highest BCUT2D eigenvalue weighted by Gasteiger charge is 2.31. The molecular formula is C17H28N6O10. The smallest absolute Gasteiger partial charge is 0.326 e. The summed E-state index contributed by atoms with van der Waals surface area (Å²) in [6.07, 6.45) is -2.10. The molecule has 0 spiro atoms. The van der Waals surface area contributed by atoms with Gasteiger partial charge < -0.3 is 48.5 Å². The van der Waals surface area contributed by atoms with Gasteiger partial charge in [0.05, 0.1) is 19.1 Å². The van der Waals surface area contributed by atoms with Crippen LogP contribution in [0.25, 0.3) is 0 Å². The molecule has 16 heteroatoms. The number of rotatable bonds is 16.